The molecule has 5 nitrogen and oxygen atoms in total. The van der Waals surface area contributed by atoms with Crippen LogP contribution in [0.2, 0.25) is 0 Å². The summed E-state index contributed by atoms with van der Waals surface area (Å²) in [6.45, 7) is 0. The van der Waals surface area contributed by atoms with Crippen molar-refractivity contribution >= 4 is 27.5 Å². The number of aromatic nitrogens is 2. The van der Waals surface area contributed by atoms with E-state index in [2.05, 4.69) is 4.98 Å². The Hall–Kier alpha value is -3.25. The van der Waals surface area contributed by atoms with Crippen LogP contribution >= 0.6 is 11.3 Å². The number of carboxylic acids is 1. The van der Waals surface area contributed by atoms with Gasteiger partial charge in [0.2, 0.25) is 0 Å². The van der Waals surface area contributed by atoms with Crippen molar-refractivity contribution in [3.63, 3.8) is 0 Å². The maximum absolute atomic E-state index is 13.2. The largest absolute Gasteiger partial charge is 0.479 e. The van der Waals surface area contributed by atoms with Gasteiger partial charge in [-0.2, -0.15) is 0 Å². The van der Waals surface area contributed by atoms with Gasteiger partial charge in [-0.1, -0.05) is 60.7 Å². The molecule has 2 aromatic heterocycles. The highest BCUT2D eigenvalue weighted by molar-refractivity contribution is 7.17. The molecule has 1 atom stereocenters. The van der Waals surface area contributed by atoms with Crippen molar-refractivity contribution in [3.8, 4) is 11.1 Å². The van der Waals surface area contributed by atoms with Gasteiger partial charge < -0.3 is 5.11 Å². The van der Waals surface area contributed by atoms with Gasteiger partial charge in [0.05, 0.1) is 5.39 Å². The lowest BCUT2D eigenvalue weighted by Crippen LogP contribution is -2.30. The molecule has 0 fully saturated rings. The maximum atomic E-state index is 13.2. The summed E-state index contributed by atoms with van der Waals surface area (Å²) in [4.78, 5) is 30.0. The summed E-state index contributed by atoms with van der Waals surface area (Å²) in [6.07, 6.45) is 1.32. The summed E-state index contributed by atoms with van der Waals surface area (Å²) in [7, 11) is 0. The Balaban J connectivity index is 1.96. The summed E-state index contributed by atoms with van der Waals surface area (Å²) >= 11 is 1.38. The van der Waals surface area contributed by atoms with E-state index in [0.717, 1.165) is 11.1 Å². The van der Waals surface area contributed by atoms with Crippen molar-refractivity contribution in [2.75, 3.05) is 0 Å². The van der Waals surface area contributed by atoms with E-state index in [0.29, 0.717) is 15.8 Å². The summed E-state index contributed by atoms with van der Waals surface area (Å²) in [5, 5.41) is 12.1. The molecule has 1 unspecified atom stereocenters. The standard InChI is InChI=1S/C20H14N2O3S/c23-19-16-15(13-7-3-1-4-8-13)11-26-18(16)21-12-22(19)17(20(24)25)14-9-5-2-6-10-14/h1-12,17H,(H,24,25). The summed E-state index contributed by atoms with van der Waals surface area (Å²) in [5.41, 5.74) is 1.85. The third kappa shape index (κ3) is 2.70. The number of carboxylic acid groups (broad SMARTS) is 1. The van der Waals surface area contributed by atoms with E-state index in [1.54, 1.807) is 30.3 Å². The van der Waals surface area contributed by atoms with Gasteiger partial charge in [0.1, 0.15) is 11.2 Å². The minimum absolute atomic E-state index is 0.355. The van der Waals surface area contributed by atoms with E-state index in [1.807, 2.05) is 35.7 Å². The van der Waals surface area contributed by atoms with Crippen molar-refractivity contribution in [2.45, 2.75) is 6.04 Å². The summed E-state index contributed by atoms with van der Waals surface area (Å²) in [6, 6.07) is 17.1. The van der Waals surface area contributed by atoms with E-state index >= 15 is 0 Å². The van der Waals surface area contributed by atoms with Crippen LogP contribution in [0.5, 0.6) is 0 Å². The first-order valence-corrected chi connectivity index (χ1v) is 8.86. The third-order valence-electron chi connectivity index (χ3n) is 4.23. The molecule has 0 bridgehead atoms. The van der Waals surface area contributed by atoms with Crippen molar-refractivity contribution in [2.24, 2.45) is 0 Å². The van der Waals surface area contributed by atoms with E-state index in [-0.39, 0.29) is 5.56 Å². The van der Waals surface area contributed by atoms with Gasteiger partial charge in [0, 0.05) is 10.9 Å². The second-order valence-electron chi connectivity index (χ2n) is 5.80. The Morgan fingerprint density at radius 2 is 1.69 bits per heavy atom. The van der Waals surface area contributed by atoms with Gasteiger partial charge >= 0.3 is 5.97 Å². The van der Waals surface area contributed by atoms with Gasteiger partial charge in [0.25, 0.3) is 5.56 Å². The van der Waals surface area contributed by atoms with Crippen molar-refractivity contribution in [1.82, 2.24) is 9.55 Å². The van der Waals surface area contributed by atoms with Crippen LogP contribution in [0, 0.1) is 0 Å². The summed E-state index contributed by atoms with van der Waals surface area (Å²) < 4.78 is 1.19. The van der Waals surface area contributed by atoms with Crippen LogP contribution < -0.4 is 5.56 Å². The predicted octanol–water partition coefficient (Wildman–Crippen LogP) is 3.80. The van der Waals surface area contributed by atoms with Crippen LogP contribution in [0.4, 0.5) is 0 Å². The molecule has 0 aliphatic carbocycles. The van der Waals surface area contributed by atoms with Gasteiger partial charge in [-0.25, -0.2) is 9.78 Å². The number of fused-ring (bicyclic) bond motifs is 1. The molecule has 0 spiro atoms. The number of aliphatic carboxylic acids is 1. The molecule has 6 heteroatoms. The second-order valence-corrected chi connectivity index (χ2v) is 6.66. The molecule has 0 saturated carbocycles. The minimum Gasteiger partial charge on any atom is -0.479 e. The average molecular weight is 362 g/mol. The van der Waals surface area contributed by atoms with Gasteiger partial charge in [0.15, 0.2) is 6.04 Å². The number of nitrogens with zero attached hydrogens (tertiary/aromatic N) is 2. The predicted molar refractivity (Wildman–Crippen MR) is 102 cm³/mol. The summed E-state index contributed by atoms with van der Waals surface area (Å²) in [5.74, 6) is -1.10. The van der Waals surface area contributed by atoms with Gasteiger partial charge in [-0.05, 0) is 11.1 Å². The van der Waals surface area contributed by atoms with Crippen LogP contribution in [-0.2, 0) is 4.79 Å². The fourth-order valence-electron chi connectivity index (χ4n) is 3.02. The number of carbonyl (C=O) groups is 1. The zero-order valence-electron chi connectivity index (χ0n) is 13.6. The molecule has 0 amide bonds. The Bertz CT molecular complexity index is 1130. The van der Waals surface area contributed by atoms with Crippen LogP contribution in [0.25, 0.3) is 21.3 Å². The molecule has 2 heterocycles. The molecule has 4 rings (SSSR count). The first-order valence-electron chi connectivity index (χ1n) is 7.98. The zero-order valence-corrected chi connectivity index (χ0v) is 14.4. The third-order valence-corrected chi connectivity index (χ3v) is 5.12. The SMILES string of the molecule is O=C(O)C(c1ccccc1)n1cnc2scc(-c3ccccc3)c2c1=O. The number of benzene rings is 2. The molecule has 1 N–H and O–H groups in total. The highest BCUT2D eigenvalue weighted by atomic mass is 32.1. The molecule has 128 valence electrons. The minimum atomic E-state index is -1.12. The molecular formula is C20H14N2O3S. The lowest BCUT2D eigenvalue weighted by Gasteiger charge is -2.15. The van der Waals surface area contributed by atoms with Crippen LogP contribution in [0.3, 0.4) is 0 Å². The molecule has 2 aromatic carbocycles. The highest BCUT2D eigenvalue weighted by Crippen LogP contribution is 2.31. The van der Waals surface area contributed by atoms with Gasteiger partial charge in [-0.15, -0.1) is 11.3 Å². The monoisotopic (exact) mass is 362 g/mol. The zero-order chi connectivity index (χ0) is 18.1. The molecule has 4 aromatic rings. The smallest absolute Gasteiger partial charge is 0.331 e. The van der Waals surface area contributed by atoms with Crippen molar-refractivity contribution in [3.05, 3.63) is 88.3 Å². The first kappa shape index (κ1) is 16.2. The number of hydrogen-bond donors (Lipinski definition) is 1. The number of rotatable bonds is 4. The molecule has 0 saturated heterocycles. The van der Waals surface area contributed by atoms with E-state index in [4.69, 9.17) is 0 Å². The number of hydrogen-bond acceptors (Lipinski definition) is 4. The Labute approximate surface area is 152 Å². The van der Waals surface area contributed by atoms with Crippen LogP contribution in [-0.4, -0.2) is 20.6 Å². The Morgan fingerprint density at radius 1 is 1.04 bits per heavy atom. The molecule has 0 radical (unpaired) electrons. The fourth-order valence-corrected chi connectivity index (χ4v) is 3.92. The molecule has 0 aliphatic heterocycles. The van der Waals surface area contributed by atoms with Crippen molar-refractivity contribution in [1.29, 1.82) is 0 Å². The molecule has 0 aliphatic rings. The fraction of sp³-hybridized carbons (Fsp3) is 0.0500. The van der Waals surface area contributed by atoms with Crippen LogP contribution in [0.1, 0.15) is 11.6 Å². The highest BCUT2D eigenvalue weighted by Gasteiger charge is 2.25. The lowest BCUT2D eigenvalue weighted by molar-refractivity contribution is -0.139. The first-order chi connectivity index (χ1) is 12.7. The number of thiophene rings is 1. The van der Waals surface area contributed by atoms with E-state index < -0.39 is 12.0 Å². The van der Waals surface area contributed by atoms with Crippen molar-refractivity contribution < 1.29 is 9.90 Å². The van der Waals surface area contributed by atoms with Gasteiger partial charge in [-0.3, -0.25) is 9.36 Å². The van der Waals surface area contributed by atoms with E-state index in [9.17, 15) is 14.7 Å². The lowest BCUT2D eigenvalue weighted by atomic mass is 10.1. The second kappa shape index (κ2) is 6.57. The molecule has 26 heavy (non-hydrogen) atoms. The van der Waals surface area contributed by atoms with E-state index in [1.165, 1.54) is 22.2 Å². The van der Waals surface area contributed by atoms with Crippen LogP contribution in [0.15, 0.2) is 77.2 Å². The Kier molecular flexibility index (Phi) is 4.10. The topological polar surface area (TPSA) is 72.2 Å². The Morgan fingerprint density at radius 3 is 2.35 bits per heavy atom. The average Bonchev–Trinajstić information content (AvgIpc) is 3.10. The molecular weight excluding hydrogens is 348 g/mol. The normalized spacial score (nSPS) is 12.2. The quantitative estimate of drug-likeness (QED) is 0.599. The maximum Gasteiger partial charge on any atom is 0.331 e.